The minimum atomic E-state index is -0.568. The number of nitrogens with zero attached hydrogens (tertiary/aromatic N) is 1. The van der Waals surface area contributed by atoms with Gasteiger partial charge in [0.25, 0.3) is 0 Å². The van der Waals surface area contributed by atoms with Gasteiger partial charge in [-0.15, -0.1) is 0 Å². The van der Waals surface area contributed by atoms with Crippen LogP contribution in [-0.2, 0) is 10.8 Å². The van der Waals surface area contributed by atoms with E-state index in [0.717, 1.165) is 17.1 Å². The third kappa shape index (κ3) is 6.54. The van der Waals surface area contributed by atoms with Crippen molar-refractivity contribution in [2.24, 2.45) is 0 Å². The normalized spacial score (nSPS) is 15.0. The van der Waals surface area contributed by atoms with Crippen molar-refractivity contribution in [3.8, 4) is 33.4 Å². The Hall–Kier alpha value is -8.52. The third-order valence-corrected chi connectivity index (χ3v) is 16.8. The van der Waals surface area contributed by atoms with Crippen LogP contribution in [0.25, 0.3) is 44.2 Å². The lowest BCUT2D eigenvalue weighted by molar-refractivity contribution is 0.445. The zero-order valence-electron chi connectivity index (χ0n) is 41.0. The van der Waals surface area contributed by atoms with Gasteiger partial charge in [-0.2, -0.15) is 0 Å². The number of benzene rings is 11. The maximum atomic E-state index is 2.62. The smallest absolute Gasteiger partial charge is 0.0714 e. The topological polar surface area (TPSA) is 3.24 Å². The van der Waals surface area contributed by atoms with Gasteiger partial charge in [0, 0.05) is 16.8 Å². The first kappa shape index (κ1) is 43.3. The first-order valence-electron chi connectivity index (χ1n) is 26.4. The molecule has 348 valence electrons. The van der Waals surface area contributed by atoms with Crippen molar-refractivity contribution in [1.29, 1.82) is 0 Å². The van der Waals surface area contributed by atoms with Gasteiger partial charge in [0.1, 0.15) is 0 Å². The lowest BCUT2D eigenvalue weighted by Gasteiger charge is -2.36. The average Bonchev–Trinajstić information content (AvgIpc) is 3.95. The van der Waals surface area contributed by atoms with Gasteiger partial charge in [-0.1, -0.05) is 262 Å². The predicted molar refractivity (Wildman–Crippen MR) is 305 cm³/mol. The molecule has 0 bridgehead atoms. The molecule has 1 heteroatoms. The second-order valence-electron chi connectivity index (χ2n) is 20.4. The number of fused-ring (bicyclic) bond motifs is 7. The average molecular weight is 934 g/mol. The molecule has 3 aliphatic rings. The first-order valence-corrected chi connectivity index (χ1v) is 26.4. The summed E-state index contributed by atoms with van der Waals surface area (Å²) in [4.78, 5) is 2.62. The summed E-state index contributed by atoms with van der Waals surface area (Å²) in [5, 5.41) is 2.69. The molecule has 1 saturated carbocycles. The molecule has 73 heavy (non-hydrogen) atoms. The summed E-state index contributed by atoms with van der Waals surface area (Å²) in [6.07, 6.45) is 6.38. The molecule has 0 spiro atoms. The molecule has 0 heterocycles. The summed E-state index contributed by atoms with van der Waals surface area (Å²) in [5.74, 6) is 0.544. The second kappa shape index (κ2) is 17.7. The van der Waals surface area contributed by atoms with E-state index in [0.29, 0.717) is 5.92 Å². The molecular weight excluding hydrogens is 879 g/mol. The minimum Gasteiger partial charge on any atom is -0.309 e. The molecule has 0 aromatic heterocycles. The second-order valence-corrected chi connectivity index (χ2v) is 20.4. The van der Waals surface area contributed by atoms with Crippen LogP contribution in [0.15, 0.2) is 267 Å². The van der Waals surface area contributed by atoms with Crippen LogP contribution in [0.5, 0.6) is 0 Å². The Balaban J connectivity index is 1.08. The first-order chi connectivity index (χ1) is 36.3. The molecule has 0 N–H and O–H groups in total. The molecule has 0 unspecified atom stereocenters. The fourth-order valence-electron chi connectivity index (χ4n) is 13.9. The standard InChI is InChI=1S/C72H55N/c1-5-25-50(26-6-1)57-41-21-27-51-28-22-42-61(69(51)57)60-39-16-20-47-67(60)73(56-36-23-35-55(49-56)72(54-33-11-4-12-34-54)63-43-17-13-37-58(63)59-38-14-18-44-64(59)72)68-48-24-46-66-70(68)62-40-15-19-45-65(62)71(66,52-29-7-2-8-30-52)53-31-9-3-10-32-53/h2-4,7-24,27-50H,1,5-6,25-26H2. The van der Waals surface area contributed by atoms with Crippen molar-refractivity contribution in [2.75, 3.05) is 4.90 Å². The van der Waals surface area contributed by atoms with Crippen molar-refractivity contribution in [3.05, 3.63) is 317 Å². The lowest BCUT2D eigenvalue weighted by atomic mass is 9.67. The highest BCUT2D eigenvalue weighted by molar-refractivity contribution is 6.05. The van der Waals surface area contributed by atoms with E-state index in [-0.39, 0.29) is 0 Å². The van der Waals surface area contributed by atoms with Gasteiger partial charge in [-0.05, 0) is 126 Å². The quantitative estimate of drug-likeness (QED) is 0.139. The Kier molecular flexibility index (Phi) is 10.5. The van der Waals surface area contributed by atoms with Gasteiger partial charge in [-0.3, -0.25) is 0 Å². The fourth-order valence-corrected chi connectivity index (χ4v) is 13.9. The number of hydrogen-bond donors (Lipinski definition) is 0. The van der Waals surface area contributed by atoms with Crippen LogP contribution in [0.4, 0.5) is 17.1 Å². The SMILES string of the molecule is c1ccc(C2(c3cccc(N(c4ccccc4-c4cccc5cccc(C6CCCCC6)c45)c4cccc5c4-c4ccccc4C5(c4ccccc4)c4ccccc4)c3)c3ccccc3-c3ccccc32)cc1. The summed E-state index contributed by atoms with van der Waals surface area (Å²) >= 11 is 0. The van der Waals surface area contributed by atoms with Crippen LogP contribution in [0.1, 0.15) is 88.1 Å². The van der Waals surface area contributed by atoms with Crippen molar-refractivity contribution in [3.63, 3.8) is 0 Å². The summed E-state index contributed by atoms with van der Waals surface area (Å²) in [7, 11) is 0. The van der Waals surface area contributed by atoms with E-state index in [2.05, 4.69) is 272 Å². The van der Waals surface area contributed by atoms with E-state index in [1.165, 1.54) is 126 Å². The Bertz CT molecular complexity index is 3750. The Morgan fingerprint density at radius 3 is 1.38 bits per heavy atom. The lowest BCUT2D eigenvalue weighted by Crippen LogP contribution is -2.29. The van der Waals surface area contributed by atoms with Gasteiger partial charge in [0.15, 0.2) is 0 Å². The predicted octanol–water partition coefficient (Wildman–Crippen LogP) is 18.8. The number of hydrogen-bond acceptors (Lipinski definition) is 1. The minimum absolute atomic E-state index is 0.544. The Morgan fingerprint density at radius 1 is 0.315 bits per heavy atom. The van der Waals surface area contributed by atoms with Gasteiger partial charge in [-0.25, -0.2) is 0 Å². The molecular formula is C72H55N. The zero-order chi connectivity index (χ0) is 48.3. The molecule has 3 aliphatic carbocycles. The molecule has 0 atom stereocenters. The van der Waals surface area contributed by atoms with Gasteiger partial charge < -0.3 is 4.90 Å². The van der Waals surface area contributed by atoms with Gasteiger partial charge in [0.2, 0.25) is 0 Å². The monoisotopic (exact) mass is 933 g/mol. The van der Waals surface area contributed by atoms with Gasteiger partial charge >= 0.3 is 0 Å². The van der Waals surface area contributed by atoms with Crippen LogP contribution in [-0.4, -0.2) is 0 Å². The Labute approximate surface area is 429 Å². The molecule has 0 radical (unpaired) electrons. The maximum Gasteiger partial charge on any atom is 0.0714 e. The van der Waals surface area contributed by atoms with E-state index < -0.39 is 10.8 Å². The highest BCUT2D eigenvalue weighted by Gasteiger charge is 2.49. The molecule has 0 amide bonds. The summed E-state index contributed by atoms with van der Waals surface area (Å²) < 4.78 is 0. The van der Waals surface area contributed by atoms with Crippen molar-refractivity contribution >= 4 is 27.8 Å². The third-order valence-electron chi connectivity index (χ3n) is 16.8. The molecule has 14 rings (SSSR count). The molecule has 0 aliphatic heterocycles. The van der Waals surface area contributed by atoms with E-state index in [9.17, 15) is 0 Å². The molecule has 11 aromatic rings. The molecule has 1 nitrogen and oxygen atoms in total. The van der Waals surface area contributed by atoms with E-state index in [1.54, 1.807) is 0 Å². The van der Waals surface area contributed by atoms with Crippen LogP contribution < -0.4 is 4.90 Å². The van der Waals surface area contributed by atoms with Crippen molar-refractivity contribution in [2.45, 2.75) is 48.9 Å². The van der Waals surface area contributed by atoms with Crippen LogP contribution in [0.3, 0.4) is 0 Å². The number of para-hydroxylation sites is 1. The number of rotatable bonds is 9. The fraction of sp³-hybridized carbons (Fsp3) is 0.111. The molecule has 11 aromatic carbocycles. The van der Waals surface area contributed by atoms with E-state index in [1.807, 2.05) is 0 Å². The zero-order valence-corrected chi connectivity index (χ0v) is 41.0. The van der Waals surface area contributed by atoms with Crippen LogP contribution in [0, 0.1) is 0 Å². The maximum absolute atomic E-state index is 2.62. The summed E-state index contributed by atoms with van der Waals surface area (Å²) in [6.45, 7) is 0. The molecule has 0 saturated heterocycles. The van der Waals surface area contributed by atoms with Gasteiger partial charge in [0.05, 0.1) is 22.2 Å². The van der Waals surface area contributed by atoms with Crippen molar-refractivity contribution in [1.82, 2.24) is 0 Å². The highest BCUT2D eigenvalue weighted by atomic mass is 15.1. The Morgan fingerprint density at radius 2 is 0.753 bits per heavy atom. The molecule has 1 fully saturated rings. The number of anilines is 3. The highest BCUT2D eigenvalue weighted by Crippen LogP contribution is 2.61. The van der Waals surface area contributed by atoms with Crippen LogP contribution in [0.2, 0.25) is 0 Å². The summed E-state index contributed by atoms with van der Waals surface area (Å²) in [6, 6.07) is 101. The largest absolute Gasteiger partial charge is 0.309 e. The van der Waals surface area contributed by atoms with E-state index in [4.69, 9.17) is 0 Å². The van der Waals surface area contributed by atoms with E-state index >= 15 is 0 Å². The van der Waals surface area contributed by atoms with Crippen LogP contribution >= 0.6 is 0 Å². The van der Waals surface area contributed by atoms with Crippen molar-refractivity contribution < 1.29 is 0 Å². The summed E-state index contributed by atoms with van der Waals surface area (Å²) in [5.41, 5.74) is 21.6.